The second kappa shape index (κ2) is 7.03. The Morgan fingerprint density at radius 3 is 2.78 bits per heavy atom. The van der Waals surface area contributed by atoms with E-state index in [0.29, 0.717) is 16.1 Å². The first-order valence-electron chi connectivity index (χ1n) is 6.68. The Balaban J connectivity index is 2.01. The second-order valence-corrected chi connectivity index (χ2v) is 5.69. The summed E-state index contributed by atoms with van der Waals surface area (Å²) in [4.78, 5) is 23.9. The van der Waals surface area contributed by atoms with Crippen molar-refractivity contribution < 1.29 is 18.7 Å². The molecule has 0 aliphatic carbocycles. The monoisotopic (exact) mass is 332 g/mol. The van der Waals surface area contributed by atoms with Gasteiger partial charge in [0.15, 0.2) is 6.10 Å². The van der Waals surface area contributed by atoms with Crippen LogP contribution in [0.3, 0.4) is 0 Å². The van der Waals surface area contributed by atoms with E-state index in [1.165, 1.54) is 30.4 Å². The Morgan fingerprint density at radius 2 is 2.13 bits per heavy atom. The van der Waals surface area contributed by atoms with E-state index in [-0.39, 0.29) is 5.56 Å². The van der Waals surface area contributed by atoms with Gasteiger partial charge in [-0.15, -0.1) is 11.3 Å². The van der Waals surface area contributed by atoms with Crippen LogP contribution in [-0.4, -0.2) is 18.0 Å². The smallest absolute Gasteiger partial charge is 0.339 e. The standard InChI is InChI=1S/C16H13FN2O3S/c1-9-3-4-11(7-13(9)17)16(21)22-10(2)14(20)19-15-12(8-18)5-6-23-15/h3-7,10H,1-2H3,(H,19,20)/t10-/m1/s1. The number of rotatable bonds is 4. The number of halogens is 1. The molecule has 1 heterocycles. The van der Waals surface area contributed by atoms with Crippen molar-refractivity contribution in [3.05, 3.63) is 52.2 Å². The molecule has 0 bridgehead atoms. The van der Waals surface area contributed by atoms with Crippen LogP contribution in [0, 0.1) is 24.1 Å². The molecule has 0 radical (unpaired) electrons. The van der Waals surface area contributed by atoms with Crippen LogP contribution >= 0.6 is 11.3 Å². The highest BCUT2D eigenvalue weighted by Gasteiger charge is 2.20. The average Bonchev–Trinajstić information content (AvgIpc) is 2.96. The van der Waals surface area contributed by atoms with Gasteiger partial charge in [-0.1, -0.05) is 6.07 Å². The quantitative estimate of drug-likeness (QED) is 0.872. The summed E-state index contributed by atoms with van der Waals surface area (Å²) in [6.07, 6.45) is -1.08. The number of thiophene rings is 1. The number of nitrogens with one attached hydrogen (secondary N) is 1. The molecule has 1 aromatic heterocycles. The molecule has 118 valence electrons. The minimum absolute atomic E-state index is 0.0292. The zero-order valence-electron chi connectivity index (χ0n) is 12.4. The first-order chi connectivity index (χ1) is 10.9. The van der Waals surface area contributed by atoms with Gasteiger partial charge in [-0.05, 0) is 43.0 Å². The van der Waals surface area contributed by atoms with Gasteiger partial charge in [-0.25, -0.2) is 9.18 Å². The minimum Gasteiger partial charge on any atom is -0.449 e. The molecule has 1 N–H and O–H groups in total. The van der Waals surface area contributed by atoms with Crippen molar-refractivity contribution in [1.29, 1.82) is 5.26 Å². The van der Waals surface area contributed by atoms with Crippen molar-refractivity contribution in [2.24, 2.45) is 0 Å². The van der Waals surface area contributed by atoms with Gasteiger partial charge in [0, 0.05) is 0 Å². The first kappa shape index (κ1) is 16.6. The number of carbonyl (C=O) groups excluding carboxylic acids is 2. The highest BCUT2D eigenvalue weighted by atomic mass is 32.1. The summed E-state index contributed by atoms with van der Waals surface area (Å²) in [5.74, 6) is -1.88. The van der Waals surface area contributed by atoms with Crippen LogP contribution in [0.2, 0.25) is 0 Å². The van der Waals surface area contributed by atoms with Crippen molar-refractivity contribution in [3.63, 3.8) is 0 Å². The van der Waals surface area contributed by atoms with Crippen LogP contribution in [0.4, 0.5) is 9.39 Å². The van der Waals surface area contributed by atoms with E-state index in [4.69, 9.17) is 10.00 Å². The predicted molar refractivity (Wildman–Crippen MR) is 83.7 cm³/mol. The molecule has 0 aliphatic rings. The van der Waals surface area contributed by atoms with Crippen LogP contribution in [-0.2, 0) is 9.53 Å². The topological polar surface area (TPSA) is 79.2 Å². The van der Waals surface area contributed by atoms with E-state index in [2.05, 4.69) is 5.32 Å². The Kier molecular flexibility index (Phi) is 5.09. The Labute approximate surface area is 136 Å². The number of hydrogen-bond donors (Lipinski definition) is 1. The Bertz CT molecular complexity index is 795. The number of benzene rings is 1. The number of aryl methyl sites for hydroxylation is 1. The molecule has 7 heteroatoms. The molecule has 1 amide bonds. The van der Waals surface area contributed by atoms with Gasteiger partial charge in [0.05, 0.1) is 11.1 Å². The number of hydrogen-bond acceptors (Lipinski definition) is 5. The van der Waals surface area contributed by atoms with E-state index in [1.807, 2.05) is 6.07 Å². The van der Waals surface area contributed by atoms with Gasteiger partial charge in [-0.3, -0.25) is 4.79 Å². The van der Waals surface area contributed by atoms with Crippen molar-refractivity contribution in [2.75, 3.05) is 5.32 Å². The fraction of sp³-hybridized carbons (Fsp3) is 0.188. The normalized spacial score (nSPS) is 11.4. The van der Waals surface area contributed by atoms with Crippen molar-refractivity contribution in [1.82, 2.24) is 0 Å². The maximum Gasteiger partial charge on any atom is 0.339 e. The number of nitrogens with zero attached hydrogens (tertiary/aromatic N) is 1. The second-order valence-electron chi connectivity index (χ2n) is 4.78. The van der Waals surface area contributed by atoms with Crippen molar-refractivity contribution in [3.8, 4) is 6.07 Å². The SMILES string of the molecule is Cc1ccc(C(=O)O[C@H](C)C(=O)Nc2sccc2C#N)cc1F. The van der Waals surface area contributed by atoms with E-state index < -0.39 is 23.8 Å². The van der Waals surface area contributed by atoms with Crippen molar-refractivity contribution >= 4 is 28.2 Å². The number of carbonyl (C=O) groups is 2. The van der Waals surface area contributed by atoms with Gasteiger partial charge >= 0.3 is 5.97 Å². The summed E-state index contributed by atoms with van der Waals surface area (Å²) in [5.41, 5.74) is 0.776. The van der Waals surface area contributed by atoms with Crippen LogP contribution < -0.4 is 5.32 Å². The summed E-state index contributed by atoms with van der Waals surface area (Å²) >= 11 is 1.19. The lowest BCUT2D eigenvalue weighted by atomic mass is 10.1. The molecular weight excluding hydrogens is 319 g/mol. The lowest BCUT2D eigenvalue weighted by Crippen LogP contribution is -2.30. The fourth-order valence-corrected chi connectivity index (χ4v) is 2.45. The lowest BCUT2D eigenvalue weighted by Gasteiger charge is -2.13. The Morgan fingerprint density at radius 1 is 1.39 bits per heavy atom. The molecule has 0 aliphatic heterocycles. The zero-order valence-corrected chi connectivity index (χ0v) is 13.2. The highest BCUT2D eigenvalue weighted by molar-refractivity contribution is 7.14. The zero-order chi connectivity index (χ0) is 17.0. The number of esters is 1. The van der Waals surface area contributed by atoms with E-state index >= 15 is 0 Å². The van der Waals surface area contributed by atoms with Gasteiger partial charge in [0.2, 0.25) is 0 Å². The highest BCUT2D eigenvalue weighted by Crippen LogP contribution is 2.22. The molecule has 0 saturated carbocycles. The summed E-state index contributed by atoms with van der Waals surface area (Å²) in [6.45, 7) is 2.98. The lowest BCUT2D eigenvalue weighted by molar-refractivity contribution is -0.123. The third kappa shape index (κ3) is 3.93. The molecule has 0 saturated heterocycles. The molecule has 0 fully saturated rings. The summed E-state index contributed by atoms with van der Waals surface area (Å²) in [6, 6.07) is 7.47. The first-order valence-corrected chi connectivity index (χ1v) is 7.56. The third-order valence-electron chi connectivity index (χ3n) is 3.08. The molecule has 1 aromatic carbocycles. The number of anilines is 1. The molecule has 1 atom stereocenters. The molecule has 2 aromatic rings. The van der Waals surface area contributed by atoms with Crippen LogP contribution in [0.25, 0.3) is 0 Å². The van der Waals surface area contributed by atoms with Crippen LogP contribution in [0.5, 0.6) is 0 Å². The van der Waals surface area contributed by atoms with Gasteiger partial charge in [-0.2, -0.15) is 5.26 Å². The molecule has 0 spiro atoms. The molecule has 5 nitrogen and oxygen atoms in total. The third-order valence-corrected chi connectivity index (χ3v) is 3.91. The summed E-state index contributed by atoms with van der Waals surface area (Å²) < 4.78 is 18.5. The predicted octanol–water partition coefficient (Wildman–Crippen LogP) is 3.25. The van der Waals surface area contributed by atoms with E-state index in [9.17, 15) is 14.0 Å². The molecule has 23 heavy (non-hydrogen) atoms. The Hall–Kier alpha value is -2.72. The molecular formula is C16H13FN2O3S. The van der Waals surface area contributed by atoms with Gasteiger partial charge in [0.25, 0.3) is 5.91 Å². The number of amides is 1. The maximum absolute atomic E-state index is 13.5. The summed E-state index contributed by atoms with van der Waals surface area (Å²) in [7, 11) is 0. The fourth-order valence-electron chi connectivity index (χ4n) is 1.71. The van der Waals surface area contributed by atoms with E-state index in [1.54, 1.807) is 18.4 Å². The van der Waals surface area contributed by atoms with E-state index in [0.717, 1.165) is 6.07 Å². The largest absolute Gasteiger partial charge is 0.449 e. The number of ether oxygens (including phenoxy) is 1. The van der Waals surface area contributed by atoms with Gasteiger partial charge < -0.3 is 10.1 Å². The summed E-state index contributed by atoms with van der Waals surface area (Å²) in [5, 5.41) is 13.5. The van der Waals surface area contributed by atoms with Crippen LogP contribution in [0.15, 0.2) is 29.6 Å². The molecule has 0 unspecified atom stereocenters. The maximum atomic E-state index is 13.5. The van der Waals surface area contributed by atoms with Gasteiger partial charge in [0.1, 0.15) is 16.9 Å². The van der Waals surface area contributed by atoms with Crippen molar-refractivity contribution in [2.45, 2.75) is 20.0 Å². The minimum atomic E-state index is -1.08. The van der Waals surface area contributed by atoms with Crippen LogP contribution in [0.1, 0.15) is 28.4 Å². The molecule has 2 rings (SSSR count). The average molecular weight is 332 g/mol. The number of nitriles is 1.